The van der Waals surface area contributed by atoms with Crippen molar-refractivity contribution < 1.29 is 13.5 Å². The van der Waals surface area contributed by atoms with Gasteiger partial charge in [-0.1, -0.05) is 17.7 Å². The number of hydrogen-bond acceptors (Lipinski definition) is 4. The van der Waals surface area contributed by atoms with E-state index in [1.54, 1.807) is 12.1 Å². The molecule has 136 valence electrons. The molecule has 0 amide bonds. The first kappa shape index (κ1) is 16.7. The van der Waals surface area contributed by atoms with Gasteiger partial charge in [0, 0.05) is 15.5 Å². The largest absolute Gasteiger partial charge is 0.434 e. The molecule has 2 aliphatic rings. The van der Waals surface area contributed by atoms with Gasteiger partial charge < -0.3 is 9.30 Å². The van der Waals surface area contributed by atoms with Crippen LogP contribution in [0.4, 0.5) is 8.78 Å². The van der Waals surface area contributed by atoms with Gasteiger partial charge in [-0.2, -0.15) is 14.0 Å². The first-order valence-corrected chi connectivity index (χ1v) is 9.79. The van der Waals surface area contributed by atoms with Crippen LogP contribution in [-0.4, -0.2) is 16.2 Å². The Hall–Kier alpha value is -2.50. The Kier molecular flexibility index (Phi) is 3.71. The van der Waals surface area contributed by atoms with Crippen molar-refractivity contribution in [2.75, 3.05) is 0 Å². The van der Waals surface area contributed by atoms with Gasteiger partial charge in [0.15, 0.2) is 0 Å². The third kappa shape index (κ3) is 2.38. The van der Waals surface area contributed by atoms with E-state index in [2.05, 4.69) is 4.36 Å². The summed E-state index contributed by atoms with van der Waals surface area (Å²) in [5, 5.41) is 9.70. The van der Waals surface area contributed by atoms with E-state index in [1.165, 1.54) is 6.07 Å². The van der Waals surface area contributed by atoms with Crippen LogP contribution in [0.3, 0.4) is 0 Å². The summed E-state index contributed by atoms with van der Waals surface area (Å²) in [5.41, 5.74) is 2.26. The van der Waals surface area contributed by atoms with Crippen molar-refractivity contribution in [3.63, 3.8) is 0 Å². The van der Waals surface area contributed by atoms with E-state index in [0.29, 0.717) is 17.0 Å². The number of fused-ring (bicyclic) bond motifs is 9. The summed E-state index contributed by atoms with van der Waals surface area (Å²) in [7, 11) is -0.812. The topological polar surface area (TPSA) is 63.2 Å². The molecule has 27 heavy (non-hydrogen) atoms. The highest BCUT2D eigenvalue weighted by Gasteiger charge is 2.45. The first-order valence-electron chi connectivity index (χ1n) is 8.16. The molecule has 0 N–H and O–H groups in total. The predicted octanol–water partition coefficient (Wildman–Crippen LogP) is 4.98. The fourth-order valence-electron chi connectivity index (χ4n) is 4.03. The highest BCUT2D eigenvalue weighted by molar-refractivity contribution is 7.87. The zero-order chi connectivity index (χ0) is 18.7. The number of aromatic nitrogens is 2. The molecule has 1 unspecified atom stereocenters. The van der Waals surface area contributed by atoms with Crippen molar-refractivity contribution in [3.05, 3.63) is 52.8 Å². The third-order valence-corrected chi connectivity index (χ3v) is 7.19. The van der Waals surface area contributed by atoms with Gasteiger partial charge in [0.1, 0.15) is 11.6 Å². The summed E-state index contributed by atoms with van der Waals surface area (Å²) in [4.78, 5) is 5.50. The second kappa shape index (κ2) is 6.01. The molecule has 9 heteroatoms. The number of benzene rings is 2. The Morgan fingerprint density at radius 2 is 2.22 bits per heavy atom. The van der Waals surface area contributed by atoms with Crippen LogP contribution in [-0.2, 0) is 10.7 Å². The van der Waals surface area contributed by atoms with Gasteiger partial charge in [0.25, 0.3) is 0 Å². The van der Waals surface area contributed by atoms with Crippen LogP contribution in [0.15, 0.2) is 45.7 Å². The molecule has 3 aromatic rings. The van der Waals surface area contributed by atoms with Crippen molar-refractivity contribution in [3.8, 4) is 11.9 Å². The van der Waals surface area contributed by atoms with E-state index in [4.69, 9.17) is 21.3 Å². The maximum absolute atomic E-state index is 13.0. The molecule has 3 heterocycles. The smallest absolute Gasteiger partial charge is 0.387 e. The summed E-state index contributed by atoms with van der Waals surface area (Å²) in [6.45, 7) is -2.93. The number of alkyl halides is 2. The Morgan fingerprint density at radius 1 is 1.37 bits per heavy atom. The number of halogens is 3. The first-order chi connectivity index (χ1) is 13.1. The summed E-state index contributed by atoms with van der Waals surface area (Å²) in [6, 6.07) is 10.2. The molecule has 2 aliphatic heterocycles. The average Bonchev–Trinajstić information content (AvgIpc) is 3.14. The van der Waals surface area contributed by atoms with E-state index >= 15 is 0 Å². The highest BCUT2D eigenvalue weighted by Crippen LogP contribution is 2.54. The second-order valence-electron chi connectivity index (χ2n) is 6.27. The SMILES string of the molecule is N#C/N=S1/c2cccc(OC(F)F)c2[C@H]2C[C@@H]1c1nc3ccc(Cl)cc3n12. The zero-order valence-electron chi connectivity index (χ0n) is 13.6. The molecule has 0 fully saturated rings. The van der Waals surface area contributed by atoms with Crippen molar-refractivity contribution in [1.82, 2.24) is 9.55 Å². The Morgan fingerprint density at radius 3 is 3.00 bits per heavy atom. The summed E-state index contributed by atoms with van der Waals surface area (Å²) in [5.74, 6) is 0.923. The monoisotopic (exact) mass is 404 g/mol. The lowest BCUT2D eigenvalue weighted by molar-refractivity contribution is -0.0508. The molecule has 0 spiro atoms. The van der Waals surface area contributed by atoms with Gasteiger partial charge in [-0.05, 0) is 47.4 Å². The van der Waals surface area contributed by atoms with E-state index in [1.807, 2.05) is 29.0 Å². The molecule has 0 aliphatic carbocycles. The molecule has 2 bridgehead atoms. The minimum absolute atomic E-state index is 0.0740. The highest BCUT2D eigenvalue weighted by atomic mass is 35.5. The number of nitriles is 1. The minimum Gasteiger partial charge on any atom is -0.434 e. The summed E-state index contributed by atoms with van der Waals surface area (Å²) < 4.78 is 36.9. The molecule has 0 saturated heterocycles. The molecule has 5 rings (SSSR count). The number of ether oxygens (including phenoxy) is 1. The number of nitrogens with zero attached hydrogens (tertiary/aromatic N) is 4. The Balaban J connectivity index is 1.83. The molecular weight excluding hydrogens is 394 g/mol. The molecule has 3 atom stereocenters. The molecule has 0 radical (unpaired) electrons. The van der Waals surface area contributed by atoms with Crippen molar-refractivity contribution in [1.29, 1.82) is 5.26 Å². The molecular formula is C18H11ClF2N4OS. The molecule has 1 aromatic heterocycles. The van der Waals surface area contributed by atoms with E-state index in [9.17, 15) is 14.0 Å². The summed E-state index contributed by atoms with van der Waals surface area (Å²) >= 11 is 6.17. The van der Waals surface area contributed by atoms with Gasteiger partial charge in [0.05, 0.1) is 22.3 Å². The van der Waals surface area contributed by atoms with Gasteiger partial charge in [-0.3, -0.25) is 0 Å². The molecule has 0 saturated carbocycles. The lowest BCUT2D eigenvalue weighted by Crippen LogP contribution is -2.17. The molecule has 2 aromatic carbocycles. The quantitative estimate of drug-likeness (QED) is 0.566. The van der Waals surface area contributed by atoms with E-state index < -0.39 is 17.3 Å². The maximum atomic E-state index is 13.0. The molecule has 5 nitrogen and oxygen atoms in total. The van der Waals surface area contributed by atoms with Crippen molar-refractivity contribution in [2.24, 2.45) is 4.36 Å². The van der Waals surface area contributed by atoms with Crippen LogP contribution in [0.1, 0.15) is 29.1 Å². The van der Waals surface area contributed by atoms with Crippen LogP contribution < -0.4 is 4.74 Å². The summed E-state index contributed by atoms with van der Waals surface area (Å²) in [6.07, 6.45) is 2.52. The third-order valence-electron chi connectivity index (χ3n) is 4.93. The van der Waals surface area contributed by atoms with Gasteiger partial charge >= 0.3 is 6.61 Å². The number of imidazole rings is 1. The van der Waals surface area contributed by atoms with Gasteiger partial charge in [0.2, 0.25) is 6.19 Å². The Labute approximate surface area is 160 Å². The second-order valence-corrected chi connectivity index (χ2v) is 8.52. The van der Waals surface area contributed by atoms with Crippen LogP contribution in [0.5, 0.6) is 5.75 Å². The average molecular weight is 405 g/mol. The van der Waals surface area contributed by atoms with Crippen LogP contribution in [0, 0.1) is 11.5 Å². The fourth-order valence-corrected chi connectivity index (χ4v) is 6.23. The van der Waals surface area contributed by atoms with E-state index in [-0.39, 0.29) is 17.0 Å². The number of rotatable bonds is 2. The lowest BCUT2D eigenvalue weighted by atomic mass is 10.0. The van der Waals surface area contributed by atoms with Crippen LogP contribution >= 0.6 is 11.6 Å². The minimum atomic E-state index is -2.93. The van der Waals surface area contributed by atoms with Crippen LogP contribution in [0.2, 0.25) is 5.02 Å². The predicted molar refractivity (Wildman–Crippen MR) is 97.0 cm³/mol. The standard InChI is InChI=1S/C18H11ClF2N4OS/c19-9-4-5-10-11(6-9)25-12-7-15(17(25)24-10)27(23-8-22)14-3-1-2-13(16(12)14)26-18(20)21/h1-6,12,15,18H,7H2/t12-,15-,27?/m1/s1. The lowest BCUT2D eigenvalue weighted by Gasteiger charge is -2.27. The fraction of sp³-hybridized carbons (Fsp3) is 0.222. The van der Waals surface area contributed by atoms with Gasteiger partial charge in [-0.15, -0.1) is 4.36 Å². The Bertz CT molecular complexity index is 1170. The maximum Gasteiger partial charge on any atom is 0.387 e. The van der Waals surface area contributed by atoms with Crippen molar-refractivity contribution in [2.45, 2.75) is 29.2 Å². The normalized spacial score (nSPS) is 22.7. The van der Waals surface area contributed by atoms with Crippen LogP contribution in [0.25, 0.3) is 11.0 Å². The number of hydrogen-bond donors (Lipinski definition) is 0. The van der Waals surface area contributed by atoms with Gasteiger partial charge in [-0.25, -0.2) is 4.98 Å². The zero-order valence-corrected chi connectivity index (χ0v) is 15.2. The van der Waals surface area contributed by atoms with Crippen molar-refractivity contribution >= 4 is 33.3 Å². The van der Waals surface area contributed by atoms with E-state index in [0.717, 1.165) is 21.8 Å².